The summed E-state index contributed by atoms with van der Waals surface area (Å²) in [5, 5.41) is 9.59. The van der Waals surface area contributed by atoms with Gasteiger partial charge in [-0.2, -0.15) is 0 Å². The molecule has 3 atom stereocenters. The van der Waals surface area contributed by atoms with Crippen LogP contribution in [0.5, 0.6) is 0 Å². The van der Waals surface area contributed by atoms with Crippen LogP contribution in [0.4, 0.5) is 10.7 Å². The minimum atomic E-state index is -0.346. The highest BCUT2D eigenvalue weighted by molar-refractivity contribution is 8.14. The number of nitrogens with zero attached hydrogens (tertiary/aromatic N) is 5. The van der Waals surface area contributed by atoms with Crippen LogP contribution in [0.2, 0.25) is 0 Å². The van der Waals surface area contributed by atoms with Crippen molar-refractivity contribution in [3.05, 3.63) is 17.5 Å². The highest BCUT2D eigenvalue weighted by Gasteiger charge is 2.45. The zero-order valence-electron chi connectivity index (χ0n) is 16.0. The van der Waals surface area contributed by atoms with Gasteiger partial charge in [-0.3, -0.25) is 19.3 Å². The predicted octanol–water partition coefficient (Wildman–Crippen LogP) is 0.721. The van der Waals surface area contributed by atoms with Crippen molar-refractivity contribution in [3.63, 3.8) is 0 Å². The van der Waals surface area contributed by atoms with Crippen molar-refractivity contribution in [3.8, 4) is 0 Å². The Morgan fingerprint density at radius 3 is 2.90 bits per heavy atom. The summed E-state index contributed by atoms with van der Waals surface area (Å²) in [5.74, 6) is 0.279. The first-order valence-electron chi connectivity index (χ1n) is 10.1. The molecule has 10 heteroatoms. The summed E-state index contributed by atoms with van der Waals surface area (Å²) in [6, 6.07) is -0.0622. The van der Waals surface area contributed by atoms with Gasteiger partial charge in [0.25, 0.3) is 5.24 Å². The van der Waals surface area contributed by atoms with Gasteiger partial charge in [-0.1, -0.05) is 11.8 Å². The molecule has 4 aliphatic rings. The molecule has 154 valence electrons. The molecule has 1 aromatic rings. The molecule has 5 rings (SSSR count). The number of amides is 3. The second-order valence-electron chi connectivity index (χ2n) is 8.10. The fourth-order valence-electron chi connectivity index (χ4n) is 4.89. The number of piperidine rings is 1. The Morgan fingerprint density at radius 1 is 1.28 bits per heavy atom. The molecule has 1 aromatic heterocycles. The molecule has 0 saturated carbocycles. The highest BCUT2D eigenvalue weighted by Crippen LogP contribution is 2.43. The number of rotatable bonds is 3. The number of imide groups is 1. The number of aromatic nitrogens is 2. The number of aliphatic hydroxyl groups is 1. The van der Waals surface area contributed by atoms with Gasteiger partial charge in [-0.05, 0) is 25.7 Å². The molecule has 0 aliphatic carbocycles. The molecule has 1 N–H and O–H groups in total. The van der Waals surface area contributed by atoms with Gasteiger partial charge >= 0.3 is 0 Å². The highest BCUT2D eigenvalue weighted by atomic mass is 32.2. The average Bonchev–Trinajstić information content (AvgIpc) is 3.20. The maximum atomic E-state index is 13.0. The molecule has 3 amide bonds. The van der Waals surface area contributed by atoms with Gasteiger partial charge in [0.2, 0.25) is 17.8 Å². The number of hydrogen-bond acceptors (Lipinski definition) is 8. The van der Waals surface area contributed by atoms with Crippen molar-refractivity contribution in [2.24, 2.45) is 0 Å². The smallest absolute Gasteiger partial charge is 0.289 e. The van der Waals surface area contributed by atoms with Gasteiger partial charge in [-0.25, -0.2) is 9.97 Å². The molecule has 4 aliphatic heterocycles. The van der Waals surface area contributed by atoms with Crippen LogP contribution in [-0.2, 0) is 16.0 Å². The van der Waals surface area contributed by atoms with E-state index < -0.39 is 0 Å². The molecular formula is C19H23N5O4S. The molecule has 3 unspecified atom stereocenters. The summed E-state index contributed by atoms with van der Waals surface area (Å²) in [7, 11) is 0. The zero-order chi connectivity index (χ0) is 20.1. The van der Waals surface area contributed by atoms with Crippen molar-refractivity contribution in [1.29, 1.82) is 0 Å². The van der Waals surface area contributed by atoms with E-state index in [4.69, 9.17) is 4.98 Å². The van der Waals surface area contributed by atoms with E-state index in [0.29, 0.717) is 18.9 Å². The molecule has 3 fully saturated rings. The monoisotopic (exact) mass is 417 g/mol. The number of carbonyl (C=O) groups is 3. The summed E-state index contributed by atoms with van der Waals surface area (Å²) >= 11 is 0.947. The van der Waals surface area contributed by atoms with Crippen LogP contribution in [-0.4, -0.2) is 79.5 Å². The Labute approximate surface area is 172 Å². The standard InChI is InChI=1S/C19H23N5O4S/c25-12-2-1-5-22(8-12)18-20-7-13-14(21-18)6-11-3-4-15(13)24(11)16(26)9-23-17(27)10-29-19(23)28/h7,11-12,15,25H,1-6,8-10H2. The maximum absolute atomic E-state index is 13.0. The number of hydrogen-bond donors (Lipinski definition) is 1. The minimum Gasteiger partial charge on any atom is -0.391 e. The first kappa shape index (κ1) is 18.8. The maximum Gasteiger partial charge on any atom is 0.289 e. The number of carbonyl (C=O) groups excluding carboxylic acids is 3. The van der Waals surface area contributed by atoms with Crippen molar-refractivity contribution in [1.82, 2.24) is 19.8 Å². The van der Waals surface area contributed by atoms with Gasteiger partial charge < -0.3 is 14.9 Å². The SMILES string of the molecule is O=C1CSC(=O)N1CC(=O)N1C2CCC1c1cnc(N3CCCC(O)C3)nc1C2. The lowest BCUT2D eigenvalue weighted by molar-refractivity contribution is -0.139. The van der Waals surface area contributed by atoms with Crippen molar-refractivity contribution in [2.45, 2.75) is 50.3 Å². The van der Waals surface area contributed by atoms with E-state index in [1.165, 1.54) is 0 Å². The van der Waals surface area contributed by atoms with Crippen molar-refractivity contribution >= 4 is 34.8 Å². The van der Waals surface area contributed by atoms with Gasteiger partial charge in [0, 0.05) is 37.3 Å². The van der Waals surface area contributed by atoms with Crippen LogP contribution in [0.1, 0.15) is 43.0 Å². The molecule has 5 heterocycles. The van der Waals surface area contributed by atoms with Gasteiger partial charge in [-0.15, -0.1) is 0 Å². The summed E-state index contributed by atoms with van der Waals surface area (Å²) in [5.41, 5.74) is 1.93. The van der Waals surface area contributed by atoms with Crippen LogP contribution in [0.3, 0.4) is 0 Å². The molecular weight excluding hydrogens is 394 g/mol. The average molecular weight is 417 g/mol. The topological polar surface area (TPSA) is 107 Å². The Balaban J connectivity index is 1.35. The largest absolute Gasteiger partial charge is 0.391 e. The number of aliphatic hydroxyl groups excluding tert-OH is 1. The molecule has 9 nitrogen and oxygen atoms in total. The van der Waals surface area contributed by atoms with Crippen molar-refractivity contribution in [2.75, 3.05) is 30.3 Å². The van der Waals surface area contributed by atoms with Gasteiger partial charge in [0.05, 0.1) is 23.6 Å². The van der Waals surface area contributed by atoms with Crippen LogP contribution in [0.25, 0.3) is 0 Å². The van der Waals surface area contributed by atoms with E-state index in [0.717, 1.165) is 60.1 Å². The molecule has 0 spiro atoms. The van der Waals surface area contributed by atoms with E-state index in [2.05, 4.69) is 4.98 Å². The number of β-amino-alcohol motifs (C(OH)–C–C–N with tert-alkyl or cyclic N) is 1. The van der Waals surface area contributed by atoms with E-state index in [9.17, 15) is 19.5 Å². The zero-order valence-corrected chi connectivity index (χ0v) is 16.8. The second-order valence-corrected chi connectivity index (χ2v) is 9.03. The molecule has 3 saturated heterocycles. The second kappa shape index (κ2) is 7.24. The lowest BCUT2D eigenvalue weighted by Crippen LogP contribution is -2.48. The Kier molecular flexibility index (Phi) is 4.70. The number of thioether (sulfide) groups is 1. The van der Waals surface area contributed by atoms with Gasteiger partial charge in [0.1, 0.15) is 6.54 Å². The molecule has 0 radical (unpaired) electrons. The number of fused-ring (bicyclic) bond motifs is 4. The summed E-state index contributed by atoms with van der Waals surface area (Å²) < 4.78 is 0. The lowest BCUT2D eigenvalue weighted by Gasteiger charge is -2.37. The normalized spacial score (nSPS) is 28.9. The van der Waals surface area contributed by atoms with Crippen LogP contribution in [0, 0.1) is 0 Å². The van der Waals surface area contributed by atoms with Crippen molar-refractivity contribution < 1.29 is 19.5 Å². The Hall–Kier alpha value is -2.20. The van der Waals surface area contributed by atoms with E-state index in [-0.39, 0.29) is 47.5 Å². The van der Waals surface area contributed by atoms with Crippen LogP contribution in [0.15, 0.2) is 6.20 Å². The molecule has 0 aromatic carbocycles. The van der Waals surface area contributed by atoms with E-state index in [1.807, 2.05) is 16.0 Å². The third-order valence-electron chi connectivity index (χ3n) is 6.28. The van der Waals surface area contributed by atoms with Gasteiger partial charge in [0.15, 0.2) is 0 Å². The molecule has 29 heavy (non-hydrogen) atoms. The summed E-state index contributed by atoms with van der Waals surface area (Å²) in [6.45, 7) is 1.20. The fourth-order valence-corrected chi connectivity index (χ4v) is 5.61. The third kappa shape index (κ3) is 3.28. The minimum absolute atomic E-state index is 0.0372. The van der Waals surface area contributed by atoms with Crippen LogP contribution >= 0.6 is 11.8 Å². The lowest BCUT2D eigenvalue weighted by atomic mass is 9.99. The van der Waals surface area contributed by atoms with Crippen LogP contribution < -0.4 is 4.90 Å². The quantitative estimate of drug-likeness (QED) is 0.767. The Morgan fingerprint density at radius 2 is 2.14 bits per heavy atom. The fraction of sp³-hybridized carbons (Fsp3) is 0.632. The number of anilines is 1. The first-order chi connectivity index (χ1) is 14.0. The van der Waals surface area contributed by atoms with E-state index in [1.54, 1.807) is 0 Å². The predicted molar refractivity (Wildman–Crippen MR) is 105 cm³/mol. The Bertz CT molecular complexity index is 864. The first-order valence-corrected chi connectivity index (χ1v) is 11.1. The molecule has 2 bridgehead atoms. The summed E-state index contributed by atoms with van der Waals surface area (Å²) in [4.78, 5) is 50.9. The van der Waals surface area contributed by atoms with E-state index >= 15 is 0 Å². The summed E-state index contributed by atoms with van der Waals surface area (Å²) in [6.07, 6.45) is 5.56. The third-order valence-corrected chi connectivity index (χ3v) is 7.14.